The highest BCUT2D eigenvalue weighted by Crippen LogP contribution is 2.60. The normalized spacial score (nSPS) is 17.5. The first-order chi connectivity index (χ1) is 16.6. The maximum Gasteiger partial charge on any atom is 0.350 e. The number of allylic oxidation sites excluding steroid dienone is 1. The number of nitriles is 2. The van der Waals surface area contributed by atoms with Gasteiger partial charge in [0.2, 0.25) is 5.00 Å². The average Bonchev–Trinajstić information content (AvgIpc) is 3.62. The Balaban J connectivity index is 1.55. The molecule has 1 saturated carbocycles. The highest BCUT2D eigenvalue weighted by Gasteiger charge is 2.48. The van der Waals surface area contributed by atoms with Crippen molar-refractivity contribution in [1.29, 1.82) is 10.5 Å². The van der Waals surface area contributed by atoms with E-state index in [0.29, 0.717) is 5.00 Å². The lowest BCUT2D eigenvalue weighted by atomic mass is 9.70. The first-order valence-electron chi connectivity index (χ1n) is 10.5. The molecule has 0 atom stereocenters. The van der Waals surface area contributed by atoms with Gasteiger partial charge in [-0.25, -0.2) is 10.5 Å². The third kappa shape index (κ3) is 2.91. The van der Waals surface area contributed by atoms with Crippen molar-refractivity contribution in [2.45, 2.75) is 37.5 Å². The molecule has 0 saturated heterocycles. The smallest absolute Gasteiger partial charge is 0.350 e. The second-order valence-electron chi connectivity index (χ2n) is 8.13. The Morgan fingerprint density at radius 2 is 1.53 bits per heavy atom. The monoisotopic (exact) mass is 512 g/mol. The van der Waals surface area contributed by atoms with Crippen LogP contribution in [0, 0.1) is 35.8 Å². The second-order valence-corrected chi connectivity index (χ2v) is 12.3. The summed E-state index contributed by atoms with van der Waals surface area (Å²) in [4.78, 5) is 16.4. The van der Waals surface area contributed by atoms with Crippen molar-refractivity contribution in [2.75, 3.05) is 0 Å². The second kappa shape index (κ2) is 7.84. The van der Waals surface area contributed by atoms with Crippen molar-refractivity contribution in [1.82, 2.24) is 0 Å². The van der Waals surface area contributed by atoms with Crippen LogP contribution < -0.4 is 0 Å². The largest absolute Gasteiger partial charge is 0.351 e. The average molecular weight is 513 g/mol. The van der Waals surface area contributed by atoms with Crippen LogP contribution in [0.25, 0.3) is 44.0 Å². The van der Waals surface area contributed by atoms with Gasteiger partial charge in [0.25, 0.3) is 0 Å². The maximum absolute atomic E-state index is 9.31. The first-order valence-corrected chi connectivity index (χ1v) is 13.7. The molecule has 34 heavy (non-hydrogen) atoms. The van der Waals surface area contributed by atoms with Crippen molar-refractivity contribution >= 4 is 96.3 Å². The van der Waals surface area contributed by atoms with Crippen LogP contribution in [0.5, 0.6) is 0 Å². The predicted octanol–water partition coefficient (Wildman–Crippen LogP) is 8.26. The molecular formula is C24H12N6S4. The molecule has 0 bridgehead atoms. The zero-order chi connectivity index (χ0) is 23.4. The molecule has 2 aliphatic carbocycles. The lowest BCUT2D eigenvalue weighted by Gasteiger charge is -2.33. The zero-order valence-electron chi connectivity index (χ0n) is 17.5. The fourth-order valence-corrected chi connectivity index (χ4v) is 10.9. The number of nitrogens with zero attached hydrogens (tertiary/aromatic N) is 6. The number of rotatable bonds is 2. The van der Waals surface area contributed by atoms with E-state index in [-0.39, 0.29) is 17.1 Å². The Labute approximate surface area is 210 Å². The summed E-state index contributed by atoms with van der Waals surface area (Å²) in [6.45, 7) is 14.4. The van der Waals surface area contributed by atoms with Gasteiger partial charge in [-0.05, 0) is 12.8 Å². The molecule has 4 aromatic rings. The van der Waals surface area contributed by atoms with Crippen molar-refractivity contribution in [3.63, 3.8) is 0 Å². The van der Waals surface area contributed by atoms with Gasteiger partial charge in [0.15, 0.2) is 0 Å². The summed E-state index contributed by atoms with van der Waals surface area (Å²) in [5.74, 6) is -0.246. The van der Waals surface area contributed by atoms with E-state index in [1.54, 1.807) is 34.0 Å². The Hall–Kier alpha value is -3.38. The van der Waals surface area contributed by atoms with Gasteiger partial charge < -0.3 is 9.69 Å². The Morgan fingerprint density at radius 3 is 2.24 bits per heavy atom. The van der Waals surface area contributed by atoms with Gasteiger partial charge in [-0.2, -0.15) is 0 Å². The summed E-state index contributed by atoms with van der Waals surface area (Å²) in [6, 6.07) is 5.74. The van der Waals surface area contributed by atoms with Gasteiger partial charge >= 0.3 is 11.7 Å². The van der Waals surface area contributed by atoms with Gasteiger partial charge in [0.05, 0.1) is 33.6 Å². The van der Waals surface area contributed by atoms with Gasteiger partial charge in [-0.15, -0.1) is 39.0 Å². The molecule has 6 nitrogen and oxygen atoms in total. The molecule has 0 unspecified atom stereocenters. The maximum atomic E-state index is 9.31. The minimum Gasteiger partial charge on any atom is -0.351 e. The molecule has 4 aromatic heterocycles. The molecule has 162 valence electrons. The molecule has 6 rings (SSSR count). The Morgan fingerprint density at radius 1 is 0.853 bits per heavy atom. The first kappa shape index (κ1) is 21.2. The summed E-state index contributed by atoms with van der Waals surface area (Å²) in [7, 11) is 0. The minimum absolute atomic E-state index is 0.0979. The lowest BCUT2D eigenvalue weighted by molar-refractivity contribution is 0.346. The zero-order valence-corrected chi connectivity index (χ0v) is 20.8. The number of thiophene rings is 4. The van der Waals surface area contributed by atoms with Crippen LogP contribution in [0.3, 0.4) is 0 Å². The van der Waals surface area contributed by atoms with Crippen molar-refractivity contribution in [3.8, 4) is 12.1 Å². The number of amidine groups is 2. The number of hydrogen-bond donors (Lipinski definition) is 0. The van der Waals surface area contributed by atoms with E-state index in [2.05, 4.69) is 25.8 Å². The van der Waals surface area contributed by atoms with Gasteiger partial charge in [0.1, 0.15) is 17.8 Å². The molecule has 1 spiro atoms. The van der Waals surface area contributed by atoms with E-state index in [4.69, 9.17) is 18.4 Å². The molecule has 0 N–H and O–H groups in total. The van der Waals surface area contributed by atoms with Gasteiger partial charge in [-0.3, -0.25) is 0 Å². The fraction of sp³-hybridized carbons (Fsp3) is 0.250. The number of fused-ring (bicyclic) bond motifs is 8. The summed E-state index contributed by atoms with van der Waals surface area (Å²) >= 11 is 6.86. The van der Waals surface area contributed by atoms with E-state index < -0.39 is 0 Å². The van der Waals surface area contributed by atoms with Crippen molar-refractivity contribution in [2.24, 2.45) is 9.98 Å². The molecular weight excluding hydrogens is 501 g/mol. The van der Waals surface area contributed by atoms with Gasteiger partial charge in [0, 0.05) is 22.6 Å². The lowest BCUT2D eigenvalue weighted by Crippen LogP contribution is -2.28. The Kier molecular flexibility index (Phi) is 4.88. The Bertz CT molecular complexity index is 1750. The van der Waals surface area contributed by atoms with Crippen LogP contribution in [0.1, 0.15) is 42.5 Å². The summed E-state index contributed by atoms with van der Waals surface area (Å²) < 4.78 is 7.41. The molecule has 4 heterocycles. The van der Waals surface area contributed by atoms with Crippen LogP contribution >= 0.6 is 45.3 Å². The standard InChI is InChI=1S/C24H12N6S4/c1-27-15(10-25)29-14-8-12-18(24(14)6-4-3-5-7-24)20-22(31-12)23-21(34-20)19-13(32-23)9-17(33-19)30-16(11-26)28-2/h8-9H,3-7H2. The molecule has 0 aliphatic heterocycles. The number of hydrogen-bond acceptors (Lipinski definition) is 8. The highest BCUT2D eigenvalue weighted by atomic mass is 32.1. The molecule has 1 fully saturated rings. The third-order valence-electron chi connectivity index (χ3n) is 6.41. The highest BCUT2D eigenvalue weighted by molar-refractivity contribution is 7.45. The fourth-order valence-electron chi connectivity index (χ4n) is 5.05. The molecule has 2 aliphatic rings. The molecule has 10 heteroatoms. The van der Waals surface area contributed by atoms with E-state index in [1.165, 1.54) is 47.0 Å². The summed E-state index contributed by atoms with van der Waals surface area (Å²) in [6.07, 6.45) is 7.52. The summed E-state index contributed by atoms with van der Waals surface area (Å²) in [5.41, 5.74) is 2.00. The quantitative estimate of drug-likeness (QED) is 0.154. The van der Waals surface area contributed by atoms with Crippen LogP contribution in [0.15, 0.2) is 21.7 Å². The van der Waals surface area contributed by atoms with Crippen molar-refractivity contribution in [3.05, 3.63) is 45.0 Å². The van der Waals surface area contributed by atoms with Crippen LogP contribution in [-0.4, -0.2) is 11.7 Å². The van der Waals surface area contributed by atoms with Crippen LogP contribution in [0.4, 0.5) is 5.00 Å². The van der Waals surface area contributed by atoms with Gasteiger partial charge in [-0.1, -0.05) is 48.7 Å². The van der Waals surface area contributed by atoms with Crippen LogP contribution in [-0.2, 0) is 5.41 Å². The molecule has 0 aromatic carbocycles. The predicted molar refractivity (Wildman–Crippen MR) is 142 cm³/mol. The SMILES string of the molecule is [C-]#[N+]C(C#N)=NC1=Cc2sc3c(sc4c5sc(N=C(C#N)[N+]#[C-])cc5sc34)c2C12CCCCC2. The molecule has 0 radical (unpaired) electrons. The van der Waals surface area contributed by atoms with E-state index in [9.17, 15) is 5.26 Å². The summed E-state index contributed by atoms with van der Waals surface area (Å²) in [5, 5.41) is 19.0. The topological polar surface area (TPSA) is 81.0 Å². The molecule has 0 amide bonds. The van der Waals surface area contributed by atoms with E-state index in [1.807, 2.05) is 18.2 Å². The minimum atomic E-state index is -0.215. The van der Waals surface area contributed by atoms with Crippen molar-refractivity contribution < 1.29 is 0 Å². The van der Waals surface area contributed by atoms with E-state index in [0.717, 1.165) is 40.8 Å². The van der Waals surface area contributed by atoms with Crippen LogP contribution in [0.2, 0.25) is 0 Å². The third-order valence-corrected chi connectivity index (χ3v) is 11.6. The number of aliphatic imine (C=N–C) groups is 2. The van der Waals surface area contributed by atoms with E-state index >= 15 is 0 Å².